The van der Waals surface area contributed by atoms with Gasteiger partial charge in [0, 0.05) is 16.7 Å². The minimum absolute atomic E-state index is 0.113. The minimum Gasteiger partial charge on any atom is -0.465 e. The Morgan fingerprint density at radius 3 is 2.31 bits per heavy atom. The van der Waals surface area contributed by atoms with Crippen LogP contribution in [0.2, 0.25) is 0 Å². The summed E-state index contributed by atoms with van der Waals surface area (Å²) in [5.74, 6) is 0.843. The Bertz CT molecular complexity index is 1130. The summed E-state index contributed by atoms with van der Waals surface area (Å²) in [6.45, 7) is 2.46. The highest BCUT2D eigenvalue weighted by Crippen LogP contribution is 2.31. The van der Waals surface area contributed by atoms with Crippen LogP contribution in [0.3, 0.4) is 0 Å². The van der Waals surface area contributed by atoms with E-state index in [4.69, 9.17) is 4.42 Å². The number of rotatable bonds is 5. The quantitative estimate of drug-likeness (QED) is 0.567. The van der Waals surface area contributed by atoms with Crippen LogP contribution >= 0.6 is 0 Å². The molecule has 0 saturated carbocycles. The number of nitrogens with one attached hydrogen (secondary N) is 1. The lowest BCUT2D eigenvalue weighted by molar-refractivity contribution is -0.117. The molecule has 1 aliphatic rings. The van der Waals surface area contributed by atoms with E-state index < -0.39 is 0 Å². The Hall–Kier alpha value is -3.51. The fourth-order valence-corrected chi connectivity index (χ4v) is 3.58. The van der Waals surface area contributed by atoms with Crippen molar-refractivity contribution in [1.82, 2.24) is 4.90 Å². The number of nitrogens with zero attached hydrogens (tertiary/aromatic N) is 1. The number of aryl methyl sites for hydroxylation is 1. The molecule has 2 aromatic carbocycles. The van der Waals surface area contributed by atoms with Crippen LogP contribution in [-0.4, -0.2) is 36.0 Å². The number of fused-ring (bicyclic) bond motifs is 2. The number of anilines is 1. The van der Waals surface area contributed by atoms with E-state index in [1.54, 1.807) is 42.5 Å². The molecule has 1 heterocycles. The number of hydrogen-bond donors (Lipinski definition) is 1. The second kappa shape index (κ2) is 7.48. The predicted octanol–water partition coefficient (Wildman–Crippen LogP) is 3.43. The highest BCUT2D eigenvalue weighted by atomic mass is 16.3. The second-order valence-corrected chi connectivity index (χ2v) is 7.16. The summed E-state index contributed by atoms with van der Waals surface area (Å²) < 4.78 is 5.53. The average Bonchev–Trinajstić information content (AvgIpc) is 3.10. The SMILES string of the molecule is Cc1ccc(CN(C)CC(=O)Nc2cccc3c2C(=O)c2ccccc2C3=O)o1. The number of ketones is 2. The fourth-order valence-electron chi connectivity index (χ4n) is 3.58. The Kier molecular flexibility index (Phi) is 4.86. The number of hydrogen-bond acceptors (Lipinski definition) is 5. The van der Waals surface area contributed by atoms with Gasteiger partial charge >= 0.3 is 0 Å². The Morgan fingerprint density at radius 2 is 1.62 bits per heavy atom. The second-order valence-electron chi connectivity index (χ2n) is 7.16. The van der Waals surface area contributed by atoms with Crippen molar-refractivity contribution in [3.05, 3.63) is 88.4 Å². The van der Waals surface area contributed by atoms with E-state index in [9.17, 15) is 14.4 Å². The van der Waals surface area contributed by atoms with E-state index in [1.165, 1.54) is 0 Å². The first-order valence-electron chi connectivity index (χ1n) is 9.29. The largest absolute Gasteiger partial charge is 0.465 e. The third kappa shape index (κ3) is 3.62. The third-order valence-corrected chi connectivity index (χ3v) is 4.86. The number of benzene rings is 2. The Balaban J connectivity index is 1.54. The lowest BCUT2D eigenvalue weighted by atomic mass is 9.83. The van der Waals surface area contributed by atoms with Gasteiger partial charge in [-0.05, 0) is 32.2 Å². The Morgan fingerprint density at radius 1 is 0.931 bits per heavy atom. The molecule has 0 saturated heterocycles. The normalized spacial score (nSPS) is 12.7. The number of likely N-dealkylation sites (N-methyl/N-ethyl adjacent to an activating group) is 1. The van der Waals surface area contributed by atoms with Gasteiger partial charge in [-0.2, -0.15) is 0 Å². The van der Waals surface area contributed by atoms with Crippen molar-refractivity contribution in [2.75, 3.05) is 18.9 Å². The monoisotopic (exact) mass is 388 g/mol. The van der Waals surface area contributed by atoms with Crippen molar-refractivity contribution < 1.29 is 18.8 Å². The van der Waals surface area contributed by atoms with Gasteiger partial charge < -0.3 is 9.73 Å². The van der Waals surface area contributed by atoms with Gasteiger partial charge in [0.25, 0.3) is 0 Å². The zero-order chi connectivity index (χ0) is 20.5. The first-order valence-corrected chi connectivity index (χ1v) is 9.29. The molecular formula is C23H20N2O4. The Labute approximate surface area is 168 Å². The fraction of sp³-hybridized carbons (Fsp3) is 0.174. The van der Waals surface area contributed by atoms with Gasteiger partial charge in [-0.1, -0.05) is 36.4 Å². The molecule has 1 aliphatic carbocycles. The molecule has 0 bridgehead atoms. The molecule has 146 valence electrons. The zero-order valence-electron chi connectivity index (χ0n) is 16.2. The number of amides is 1. The van der Waals surface area contributed by atoms with Crippen molar-refractivity contribution in [3.63, 3.8) is 0 Å². The summed E-state index contributed by atoms with van der Waals surface area (Å²) in [5, 5.41) is 2.79. The summed E-state index contributed by atoms with van der Waals surface area (Å²) in [6, 6.07) is 15.4. The van der Waals surface area contributed by atoms with Crippen LogP contribution in [0.1, 0.15) is 43.4 Å². The van der Waals surface area contributed by atoms with Gasteiger partial charge in [0.15, 0.2) is 11.6 Å². The van der Waals surface area contributed by atoms with Gasteiger partial charge in [-0.3, -0.25) is 19.3 Å². The lowest BCUT2D eigenvalue weighted by Crippen LogP contribution is -2.31. The van der Waals surface area contributed by atoms with E-state index in [1.807, 2.05) is 31.0 Å². The van der Waals surface area contributed by atoms with Crippen molar-refractivity contribution >= 4 is 23.2 Å². The van der Waals surface area contributed by atoms with Crippen LogP contribution in [0.25, 0.3) is 0 Å². The topological polar surface area (TPSA) is 79.6 Å². The summed E-state index contributed by atoms with van der Waals surface area (Å²) >= 11 is 0. The standard InChI is InChI=1S/C23H20N2O4/c1-14-10-11-15(29-14)12-25(2)13-20(26)24-19-9-5-8-18-21(19)23(28)17-7-4-3-6-16(17)22(18)27/h3-11H,12-13H2,1-2H3,(H,24,26). The molecule has 0 radical (unpaired) electrons. The van der Waals surface area contributed by atoms with E-state index in [2.05, 4.69) is 5.32 Å². The van der Waals surface area contributed by atoms with Crippen molar-refractivity contribution in [2.45, 2.75) is 13.5 Å². The summed E-state index contributed by atoms with van der Waals surface area (Å²) in [4.78, 5) is 40.2. The van der Waals surface area contributed by atoms with Gasteiger partial charge in [-0.25, -0.2) is 0 Å². The summed E-state index contributed by atoms with van der Waals surface area (Å²) in [5.41, 5.74) is 1.65. The van der Waals surface area contributed by atoms with Crippen LogP contribution in [0.5, 0.6) is 0 Å². The molecular weight excluding hydrogens is 368 g/mol. The molecule has 3 aromatic rings. The summed E-state index contributed by atoms with van der Waals surface area (Å²) in [7, 11) is 1.81. The lowest BCUT2D eigenvalue weighted by Gasteiger charge is -2.21. The van der Waals surface area contributed by atoms with E-state index >= 15 is 0 Å². The molecule has 6 nitrogen and oxygen atoms in total. The van der Waals surface area contributed by atoms with Gasteiger partial charge in [0.1, 0.15) is 11.5 Å². The highest BCUT2D eigenvalue weighted by Gasteiger charge is 2.31. The number of furan rings is 1. The molecule has 1 amide bonds. The molecule has 0 atom stereocenters. The van der Waals surface area contributed by atoms with Crippen molar-refractivity contribution in [1.29, 1.82) is 0 Å². The van der Waals surface area contributed by atoms with Crippen LogP contribution < -0.4 is 5.32 Å². The van der Waals surface area contributed by atoms with Gasteiger partial charge in [0.2, 0.25) is 5.91 Å². The molecule has 1 aromatic heterocycles. The molecule has 0 fully saturated rings. The molecule has 4 rings (SSSR count). The van der Waals surface area contributed by atoms with E-state index in [0.29, 0.717) is 28.9 Å². The first kappa shape index (κ1) is 18.8. The molecule has 6 heteroatoms. The van der Waals surface area contributed by atoms with Crippen molar-refractivity contribution in [2.24, 2.45) is 0 Å². The molecule has 0 spiro atoms. The van der Waals surface area contributed by atoms with E-state index in [-0.39, 0.29) is 29.6 Å². The maximum Gasteiger partial charge on any atom is 0.238 e. The molecule has 0 unspecified atom stereocenters. The van der Waals surface area contributed by atoms with Gasteiger partial charge in [-0.15, -0.1) is 0 Å². The van der Waals surface area contributed by atoms with Crippen LogP contribution in [0.4, 0.5) is 5.69 Å². The first-order chi connectivity index (χ1) is 13.9. The zero-order valence-corrected chi connectivity index (χ0v) is 16.2. The maximum atomic E-state index is 13.0. The van der Waals surface area contributed by atoms with Gasteiger partial charge in [0.05, 0.1) is 24.3 Å². The molecule has 29 heavy (non-hydrogen) atoms. The third-order valence-electron chi connectivity index (χ3n) is 4.86. The predicted molar refractivity (Wildman–Crippen MR) is 108 cm³/mol. The number of carbonyl (C=O) groups is 3. The average molecular weight is 388 g/mol. The van der Waals surface area contributed by atoms with Crippen molar-refractivity contribution in [3.8, 4) is 0 Å². The van der Waals surface area contributed by atoms with Crippen LogP contribution in [0.15, 0.2) is 59.0 Å². The highest BCUT2D eigenvalue weighted by molar-refractivity contribution is 6.30. The minimum atomic E-state index is -0.275. The smallest absolute Gasteiger partial charge is 0.238 e. The molecule has 1 N–H and O–H groups in total. The van der Waals surface area contributed by atoms with Crippen LogP contribution in [0, 0.1) is 6.92 Å². The number of carbonyl (C=O) groups excluding carboxylic acids is 3. The molecule has 0 aliphatic heterocycles. The summed E-state index contributed by atoms with van der Waals surface area (Å²) in [6.07, 6.45) is 0. The maximum absolute atomic E-state index is 13.0. The van der Waals surface area contributed by atoms with Crippen LogP contribution in [-0.2, 0) is 11.3 Å². The van der Waals surface area contributed by atoms with E-state index in [0.717, 1.165) is 11.5 Å².